The first-order chi connectivity index (χ1) is 8.08. The van der Waals surface area contributed by atoms with Crippen LogP contribution in [0.1, 0.15) is 22.8 Å². The molecule has 1 aromatic carbocycles. The molecular formula is C13H17ClN2O. The minimum atomic E-state index is 0.0697. The van der Waals surface area contributed by atoms with E-state index in [1.807, 2.05) is 24.0 Å². The van der Waals surface area contributed by atoms with E-state index in [1.165, 1.54) is 0 Å². The smallest absolute Gasteiger partial charge is 0.254 e. The number of hydrogen-bond acceptors (Lipinski definition) is 2. The summed E-state index contributed by atoms with van der Waals surface area (Å²) in [6, 6.07) is 5.84. The lowest BCUT2D eigenvalue weighted by Crippen LogP contribution is -2.51. The van der Waals surface area contributed by atoms with E-state index in [4.69, 9.17) is 11.6 Å². The number of hydrogen-bond donors (Lipinski definition) is 1. The van der Waals surface area contributed by atoms with Gasteiger partial charge in [0.1, 0.15) is 0 Å². The molecule has 0 aliphatic carbocycles. The highest BCUT2D eigenvalue weighted by atomic mass is 35.5. The fraction of sp³-hybridized carbons (Fsp3) is 0.462. The number of carbonyl (C=O) groups is 1. The normalized spacial score (nSPS) is 20.4. The average molecular weight is 253 g/mol. The maximum Gasteiger partial charge on any atom is 0.254 e. The monoisotopic (exact) mass is 252 g/mol. The molecule has 3 nitrogen and oxygen atoms in total. The van der Waals surface area contributed by atoms with Crippen molar-refractivity contribution in [3.63, 3.8) is 0 Å². The van der Waals surface area contributed by atoms with Crippen molar-refractivity contribution in [1.29, 1.82) is 0 Å². The first-order valence-electron chi connectivity index (χ1n) is 5.87. The standard InChI is InChI=1S/C13H17ClN2O/c1-9-3-4-11(7-12(9)14)13(17)16-6-5-15-10(2)8-16/h3-4,7,10,15H,5-6,8H2,1-2H3/t10-/m1/s1. The molecule has 17 heavy (non-hydrogen) atoms. The molecule has 0 bridgehead atoms. The summed E-state index contributed by atoms with van der Waals surface area (Å²) in [5.74, 6) is 0.0697. The molecule has 1 atom stereocenters. The fourth-order valence-corrected chi connectivity index (χ4v) is 2.21. The third-order valence-corrected chi connectivity index (χ3v) is 3.48. The van der Waals surface area contributed by atoms with Gasteiger partial charge in [-0.2, -0.15) is 0 Å². The molecular weight excluding hydrogens is 236 g/mol. The van der Waals surface area contributed by atoms with Crippen molar-refractivity contribution in [3.05, 3.63) is 34.3 Å². The molecule has 0 radical (unpaired) electrons. The van der Waals surface area contributed by atoms with E-state index in [-0.39, 0.29) is 5.91 Å². The van der Waals surface area contributed by atoms with Crippen LogP contribution < -0.4 is 5.32 Å². The van der Waals surface area contributed by atoms with Gasteiger partial charge in [-0.25, -0.2) is 0 Å². The lowest BCUT2D eigenvalue weighted by molar-refractivity contribution is 0.0709. The number of carbonyl (C=O) groups excluding carboxylic acids is 1. The number of nitrogens with zero attached hydrogens (tertiary/aromatic N) is 1. The molecule has 0 saturated carbocycles. The minimum absolute atomic E-state index is 0.0697. The van der Waals surface area contributed by atoms with Gasteiger partial charge < -0.3 is 10.2 Å². The summed E-state index contributed by atoms with van der Waals surface area (Å²) >= 11 is 6.04. The number of piperazine rings is 1. The predicted molar refractivity (Wildman–Crippen MR) is 69.6 cm³/mol. The summed E-state index contributed by atoms with van der Waals surface area (Å²) in [5, 5.41) is 3.97. The number of halogens is 1. The van der Waals surface area contributed by atoms with Crippen LogP contribution in [0.3, 0.4) is 0 Å². The molecule has 1 aliphatic rings. The zero-order valence-electron chi connectivity index (χ0n) is 10.2. The highest BCUT2D eigenvalue weighted by molar-refractivity contribution is 6.31. The SMILES string of the molecule is Cc1ccc(C(=O)N2CCN[C@H](C)C2)cc1Cl. The third-order valence-electron chi connectivity index (χ3n) is 3.07. The van der Waals surface area contributed by atoms with Crippen LogP contribution in [0.25, 0.3) is 0 Å². The van der Waals surface area contributed by atoms with Crippen LogP contribution in [0.2, 0.25) is 5.02 Å². The summed E-state index contributed by atoms with van der Waals surface area (Å²) in [5.41, 5.74) is 1.67. The molecule has 4 heteroatoms. The molecule has 1 heterocycles. The van der Waals surface area contributed by atoms with Crippen LogP contribution in [-0.2, 0) is 0 Å². The summed E-state index contributed by atoms with van der Waals surface area (Å²) in [4.78, 5) is 14.1. The van der Waals surface area contributed by atoms with Gasteiger partial charge in [0.2, 0.25) is 0 Å². The third kappa shape index (κ3) is 2.79. The molecule has 1 saturated heterocycles. The lowest BCUT2D eigenvalue weighted by atomic mass is 10.1. The second kappa shape index (κ2) is 5.07. The summed E-state index contributed by atoms with van der Waals surface area (Å²) < 4.78 is 0. The quantitative estimate of drug-likeness (QED) is 0.830. The van der Waals surface area contributed by atoms with Gasteiger partial charge in [-0.1, -0.05) is 17.7 Å². The highest BCUT2D eigenvalue weighted by Crippen LogP contribution is 2.18. The van der Waals surface area contributed by atoms with Gasteiger partial charge in [0, 0.05) is 36.3 Å². The minimum Gasteiger partial charge on any atom is -0.336 e. The van der Waals surface area contributed by atoms with E-state index in [1.54, 1.807) is 6.07 Å². The maximum atomic E-state index is 12.2. The Bertz CT molecular complexity index is 433. The van der Waals surface area contributed by atoms with Crippen molar-refractivity contribution in [2.75, 3.05) is 19.6 Å². The summed E-state index contributed by atoms with van der Waals surface area (Å²) in [7, 11) is 0. The maximum absolute atomic E-state index is 12.2. The van der Waals surface area contributed by atoms with E-state index >= 15 is 0 Å². The molecule has 0 unspecified atom stereocenters. The van der Waals surface area contributed by atoms with Gasteiger partial charge in [-0.3, -0.25) is 4.79 Å². The Labute approximate surface area is 107 Å². The number of nitrogens with one attached hydrogen (secondary N) is 1. The van der Waals surface area contributed by atoms with Crippen LogP contribution >= 0.6 is 11.6 Å². The van der Waals surface area contributed by atoms with Gasteiger partial charge in [0.15, 0.2) is 0 Å². The topological polar surface area (TPSA) is 32.3 Å². The Hall–Kier alpha value is -1.06. The van der Waals surface area contributed by atoms with Gasteiger partial charge in [-0.05, 0) is 31.5 Å². The van der Waals surface area contributed by atoms with Crippen molar-refractivity contribution in [2.24, 2.45) is 0 Å². The molecule has 1 aromatic rings. The zero-order valence-corrected chi connectivity index (χ0v) is 10.9. The van der Waals surface area contributed by atoms with Gasteiger partial charge in [0.25, 0.3) is 5.91 Å². The van der Waals surface area contributed by atoms with E-state index in [2.05, 4.69) is 12.2 Å². The number of amides is 1. The van der Waals surface area contributed by atoms with Crippen molar-refractivity contribution < 1.29 is 4.79 Å². The zero-order chi connectivity index (χ0) is 12.4. The van der Waals surface area contributed by atoms with E-state index < -0.39 is 0 Å². The van der Waals surface area contributed by atoms with Crippen molar-refractivity contribution in [1.82, 2.24) is 10.2 Å². The molecule has 0 aromatic heterocycles. The molecule has 1 N–H and O–H groups in total. The van der Waals surface area contributed by atoms with Crippen LogP contribution in [0.5, 0.6) is 0 Å². The van der Waals surface area contributed by atoms with E-state index in [9.17, 15) is 4.79 Å². The van der Waals surface area contributed by atoms with Crippen molar-refractivity contribution in [2.45, 2.75) is 19.9 Å². The highest BCUT2D eigenvalue weighted by Gasteiger charge is 2.21. The van der Waals surface area contributed by atoms with E-state index in [0.717, 1.165) is 25.2 Å². The fourth-order valence-electron chi connectivity index (χ4n) is 2.03. The van der Waals surface area contributed by atoms with Crippen LogP contribution in [-0.4, -0.2) is 36.5 Å². The molecule has 1 amide bonds. The number of rotatable bonds is 1. The Balaban J connectivity index is 2.15. The Kier molecular flexibility index (Phi) is 3.69. The van der Waals surface area contributed by atoms with Gasteiger partial charge in [-0.15, -0.1) is 0 Å². The molecule has 0 spiro atoms. The lowest BCUT2D eigenvalue weighted by Gasteiger charge is -2.32. The van der Waals surface area contributed by atoms with Crippen LogP contribution in [0.15, 0.2) is 18.2 Å². The molecule has 1 aliphatic heterocycles. The van der Waals surface area contributed by atoms with Crippen molar-refractivity contribution >= 4 is 17.5 Å². The Morgan fingerprint density at radius 1 is 1.53 bits per heavy atom. The average Bonchev–Trinajstić information content (AvgIpc) is 2.32. The summed E-state index contributed by atoms with van der Waals surface area (Å²) in [6.07, 6.45) is 0. The summed E-state index contributed by atoms with van der Waals surface area (Å²) in [6.45, 7) is 6.39. The second-order valence-electron chi connectivity index (χ2n) is 4.57. The predicted octanol–water partition coefficient (Wildman–Crippen LogP) is 2.08. The van der Waals surface area contributed by atoms with E-state index in [0.29, 0.717) is 16.6 Å². The number of benzene rings is 1. The second-order valence-corrected chi connectivity index (χ2v) is 4.98. The van der Waals surface area contributed by atoms with Gasteiger partial charge in [0.05, 0.1) is 0 Å². The molecule has 1 fully saturated rings. The van der Waals surface area contributed by atoms with Crippen LogP contribution in [0.4, 0.5) is 0 Å². The molecule has 2 rings (SSSR count). The molecule has 92 valence electrons. The first kappa shape index (κ1) is 12.4. The van der Waals surface area contributed by atoms with Crippen molar-refractivity contribution in [3.8, 4) is 0 Å². The van der Waals surface area contributed by atoms with Gasteiger partial charge >= 0.3 is 0 Å². The first-order valence-corrected chi connectivity index (χ1v) is 6.24. The Morgan fingerprint density at radius 2 is 2.29 bits per heavy atom. The Morgan fingerprint density at radius 3 is 2.94 bits per heavy atom. The largest absolute Gasteiger partial charge is 0.336 e. The number of aryl methyl sites for hydroxylation is 1. The van der Waals surface area contributed by atoms with Crippen LogP contribution in [0, 0.1) is 6.92 Å².